The van der Waals surface area contributed by atoms with E-state index in [9.17, 15) is 18.4 Å². The van der Waals surface area contributed by atoms with Gasteiger partial charge in [-0.3, -0.25) is 0 Å². The molecule has 8 heteroatoms. The second-order valence-corrected chi connectivity index (χ2v) is 11.9. The lowest BCUT2D eigenvalue weighted by Gasteiger charge is -2.47. The first kappa shape index (κ1) is 30.1. The van der Waals surface area contributed by atoms with Crippen molar-refractivity contribution < 1.29 is 27.8 Å². The molecular formula is C32H42F2N2O4. The Bertz CT molecular complexity index is 1100. The molecule has 2 aliphatic rings. The van der Waals surface area contributed by atoms with Crippen molar-refractivity contribution in [2.24, 2.45) is 0 Å². The highest BCUT2D eigenvalue weighted by Gasteiger charge is 2.50. The van der Waals surface area contributed by atoms with Crippen molar-refractivity contribution in [1.29, 1.82) is 0 Å². The van der Waals surface area contributed by atoms with Crippen molar-refractivity contribution in [3.05, 3.63) is 71.3 Å². The minimum Gasteiger partial charge on any atom is -0.449 e. The number of likely N-dealkylation sites (N-methyl/N-ethyl adjacent to an activating group) is 2. The predicted octanol–water partition coefficient (Wildman–Crippen LogP) is 5.32. The van der Waals surface area contributed by atoms with Gasteiger partial charge in [-0.1, -0.05) is 49.2 Å². The Morgan fingerprint density at radius 1 is 0.700 bits per heavy atom. The second kappa shape index (κ2) is 12.8. The number of ether oxygens (including phenoxy) is 2. The quantitative estimate of drug-likeness (QED) is 0.324. The Morgan fingerprint density at radius 3 is 1.43 bits per heavy atom. The van der Waals surface area contributed by atoms with Gasteiger partial charge in [0.1, 0.15) is 22.8 Å². The molecule has 0 aliphatic heterocycles. The van der Waals surface area contributed by atoms with Crippen molar-refractivity contribution in [2.45, 2.75) is 87.5 Å². The third-order valence-corrected chi connectivity index (χ3v) is 8.77. The SMILES string of the molecule is CN(C)C1CCCCC1(Cc1ccccc1F)OC(=O)C(=O)OC1(Cc2ccccc2F)CCCCC1N(C)C. The van der Waals surface area contributed by atoms with Gasteiger partial charge in [0.2, 0.25) is 0 Å². The first-order valence-electron chi connectivity index (χ1n) is 14.3. The molecule has 0 saturated heterocycles. The Hall–Kier alpha value is -2.84. The lowest BCUT2D eigenvalue weighted by Crippen LogP contribution is -2.59. The van der Waals surface area contributed by atoms with Crippen LogP contribution in [0.1, 0.15) is 62.5 Å². The molecule has 0 N–H and O–H groups in total. The average Bonchev–Trinajstić information content (AvgIpc) is 2.91. The zero-order valence-electron chi connectivity index (χ0n) is 24.1. The maximum absolute atomic E-state index is 14.8. The Balaban J connectivity index is 1.64. The fourth-order valence-electron chi connectivity index (χ4n) is 6.94. The highest BCUT2D eigenvalue weighted by molar-refractivity contribution is 6.30. The first-order chi connectivity index (χ1) is 19.1. The lowest BCUT2D eigenvalue weighted by atomic mass is 9.75. The minimum absolute atomic E-state index is 0.155. The van der Waals surface area contributed by atoms with Gasteiger partial charge in [-0.25, -0.2) is 18.4 Å². The van der Waals surface area contributed by atoms with Crippen LogP contribution in [0, 0.1) is 11.6 Å². The van der Waals surface area contributed by atoms with Gasteiger partial charge in [-0.05, 0) is 90.0 Å². The van der Waals surface area contributed by atoms with Crippen molar-refractivity contribution in [3.8, 4) is 0 Å². The summed E-state index contributed by atoms with van der Waals surface area (Å²) in [5, 5.41) is 0. The lowest BCUT2D eigenvalue weighted by molar-refractivity contribution is -0.198. The molecule has 0 amide bonds. The number of hydrogen-bond acceptors (Lipinski definition) is 6. The molecule has 2 aromatic carbocycles. The molecule has 4 atom stereocenters. The van der Waals surface area contributed by atoms with Gasteiger partial charge in [-0.15, -0.1) is 0 Å². The van der Waals surface area contributed by atoms with Crippen molar-refractivity contribution in [2.75, 3.05) is 28.2 Å². The van der Waals surface area contributed by atoms with Crippen molar-refractivity contribution >= 4 is 11.9 Å². The van der Waals surface area contributed by atoms with E-state index in [1.807, 2.05) is 38.0 Å². The zero-order chi connectivity index (χ0) is 28.9. The summed E-state index contributed by atoms with van der Waals surface area (Å²) in [7, 11) is 7.63. The largest absolute Gasteiger partial charge is 0.449 e. The van der Waals surface area contributed by atoms with E-state index < -0.39 is 23.1 Å². The number of rotatable bonds is 8. The molecule has 2 saturated carbocycles. The van der Waals surface area contributed by atoms with Crippen LogP contribution in [0.25, 0.3) is 0 Å². The highest BCUT2D eigenvalue weighted by Crippen LogP contribution is 2.40. The number of hydrogen-bond donors (Lipinski definition) is 0. The van der Waals surface area contributed by atoms with Crippen LogP contribution >= 0.6 is 0 Å². The molecule has 0 radical (unpaired) electrons. The molecule has 218 valence electrons. The molecule has 0 heterocycles. The van der Waals surface area contributed by atoms with E-state index in [0.29, 0.717) is 24.0 Å². The van der Waals surface area contributed by atoms with Gasteiger partial charge >= 0.3 is 11.9 Å². The van der Waals surface area contributed by atoms with Crippen LogP contribution in [0.2, 0.25) is 0 Å². The summed E-state index contributed by atoms with van der Waals surface area (Å²) in [6.45, 7) is 0. The molecule has 6 nitrogen and oxygen atoms in total. The Kier molecular flexibility index (Phi) is 9.62. The summed E-state index contributed by atoms with van der Waals surface area (Å²) in [6, 6.07) is 12.5. The van der Waals surface area contributed by atoms with Crippen molar-refractivity contribution in [3.63, 3.8) is 0 Å². The van der Waals surface area contributed by atoms with Gasteiger partial charge in [0.15, 0.2) is 0 Å². The van der Waals surface area contributed by atoms with E-state index in [0.717, 1.165) is 38.5 Å². The van der Waals surface area contributed by atoms with Crippen LogP contribution in [0.3, 0.4) is 0 Å². The van der Waals surface area contributed by atoms with Gasteiger partial charge < -0.3 is 19.3 Å². The molecule has 2 aromatic rings. The van der Waals surface area contributed by atoms with Gasteiger partial charge in [0, 0.05) is 24.9 Å². The van der Waals surface area contributed by atoms with E-state index >= 15 is 0 Å². The van der Waals surface area contributed by atoms with E-state index in [1.54, 1.807) is 36.4 Å². The number of carbonyl (C=O) groups is 2. The number of esters is 2. The van der Waals surface area contributed by atoms with E-state index in [-0.39, 0.29) is 36.6 Å². The minimum atomic E-state index is -1.09. The Morgan fingerprint density at radius 2 is 1.07 bits per heavy atom. The standard InChI is InChI=1S/C32H42F2N2O4/c1-35(2)27-17-9-11-19-31(27,21-23-13-5-7-15-25(23)33)39-29(37)30(38)40-32(20-12-10-18-28(32)36(3)4)22-24-14-6-8-16-26(24)34/h5-8,13-16,27-28H,9-12,17-22H2,1-4H3. The summed E-state index contributed by atoms with van der Waals surface area (Å²) in [5.41, 5.74) is -1.31. The molecule has 4 rings (SSSR count). The monoisotopic (exact) mass is 556 g/mol. The first-order valence-corrected chi connectivity index (χ1v) is 14.3. The zero-order valence-corrected chi connectivity index (χ0v) is 24.1. The second-order valence-electron chi connectivity index (χ2n) is 11.9. The molecule has 0 spiro atoms. The summed E-state index contributed by atoms with van der Waals surface area (Å²) >= 11 is 0. The topological polar surface area (TPSA) is 59.1 Å². The van der Waals surface area contributed by atoms with Crippen LogP contribution in [0.4, 0.5) is 8.78 Å². The van der Waals surface area contributed by atoms with E-state index in [4.69, 9.17) is 9.47 Å². The maximum Gasteiger partial charge on any atom is 0.418 e. The third-order valence-electron chi connectivity index (χ3n) is 8.77. The molecule has 0 aromatic heterocycles. The van der Waals surface area contributed by atoms with Crippen LogP contribution in [-0.4, -0.2) is 73.2 Å². The Labute approximate surface area is 236 Å². The van der Waals surface area contributed by atoms with Gasteiger partial charge in [0.25, 0.3) is 0 Å². The summed E-state index contributed by atoms with van der Waals surface area (Å²) in [5.74, 6) is -2.91. The summed E-state index contributed by atoms with van der Waals surface area (Å²) < 4.78 is 41.8. The summed E-state index contributed by atoms with van der Waals surface area (Å²) in [4.78, 5) is 31.1. The van der Waals surface area contributed by atoms with E-state index in [1.165, 1.54) is 12.1 Å². The average molecular weight is 557 g/mol. The predicted molar refractivity (Wildman–Crippen MR) is 150 cm³/mol. The number of carbonyl (C=O) groups excluding carboxylic acids is 2. The van der Waals surface area contributed by atoms with Crippen LogP contribution in [0.15, 0.2) is 48.5 Å². The van der Waals surface area contributed by atoms with Gasteiger partial charge in [-0.2, -0.15) is 0 Å². The molecule has 0 bridgehead atoms. The normalized spacial score (nSPS) is 27.0. The number of benzene rings is 2. The van der Waals surface area contributed by atoms with Crippen LogP contribution < -0.4 is 0 Å². The fraction of sp³-hybridized carbons (Fsp3) is 0.562. The third kappa shape index (κ3) is 6.55. The fourth-order valence-corrected chi connectivity index (χ4v) is 6.94. The van der Waals surface area contributed by atoms with Crippen LogP contribution in [-0.2, 0) is 31.9 Å². The van der Waals surface area contributed by atoms with E-state index in [2.05, 4.69) is 0 Å². The van der Waals surface area contributed by atoms with Crippen LogP contribution in [0.5, 0.6) is 0 Å². The molecule has 2 aliphatic carbocycles. The molecule has 4 unspecified atom stereocenters. The van der Waals surface area contributed by atoms with Crippen molar-refractivity contribution in [1.82, 2.24) is 9.80 Å². The number of nitrogens with zero attached hydrogens (tertiary/aromatic N) is 2. The maximum atomic E-state index is 14.8. The molecular weight excluding hydrogens is 514 g/mol. The summed E-state index contributed by atoms with van der Waals surface area (Å²) in [6.07, 6.45) is 6.30. The van der Waals surface area contributed by atoms with Gasteiger partial charge in [0.05, 0.1) is 0 Å². The molecule has 40 heavy (non-hydrogen) atoms. The highest BCUT2D eigenvalue weighted by atomic mass is 19.1. The number of halogens is 2. The smallest absolute Gasteiger partial charge is 0.418 e. The molecule has 2 fully saturated rings.